The summed E-state index contributed by atoms with van der Waals surface area (Å²) in [6.45, 7) is 0.817. The molecular formula is C22H23F2N3O3. The normalized spacial score (nSPS) is 10.7. The predicted molar refractivity (Wildman–Crippen MR) is 109 cm³/mol. The van der Waals surface area contributed by atoms with Crippen LogP contribution in [0.3, 0.4) is 0 Å². The van der Waals surface area contributed by atoms with Crippen molar-refractivity contribution < 1.29 is 23.0 Å². The average molecular weight is 415 g/mol. The summed E-state index contributed by atoms with van der Waals surface area (Å²) in [7, 11) is 4.58. The van der Waals surface area contributed by atoms with Crippen LogP contribution in [-0.2, 0) is 13.1 Å². The molecule has 0 radical (unpaired) electrons. The summed E-state index contributed by atoms with van der Waals surface area (Å²) in [6.07, 6.45) is -2.73. The second kappa shape index (κ2) is 9.87. The average Bonchev–Trinajstić information content (AvgIpc) is 2.79. The molecule has 3 rings (SSSR count). The van der Waals surface area contributed by atoms with Gasteiger partial charge < -0.3 is 19.1 Å². The number of nitrogens with zero attached hydrogens (tertiary/aromatic N) is 3. The van der Waals surface area contributed by atoms with Crippen molar-refractivity contribution in [2.75, 3.05) is 26.2 Å². The molecule has 1 heterocycles. The minimum absolute atomic E-state index is 0.0877. The van der Waals surface area contributed by atoms with Gasteiger partial charge in [-0.15, -0.1) is 0 Å². The van der Waals surface area contributed by atoms with Crippen molar-refractivity contribution in [2.24, 2.45) is 0 Å². The first-order valence-corrected chi connectivity index (χ1v) is 9.24. The number of rotatable bonds is 9. The Balaban J connectivity index is 1.95. The molecule has 0 aliphatic heterocycles. The zero-order valence-electron chi connectivity index (χ0n) is 17.0. The van der Waals surface area contributed by atoms with Crippen molar-refractivity contribution in [1.82, 2.24) is 9.97 Å². The second-order valence-electron chi connectivity index (χ2n) is 6.49. The first kappa shape index (κ1) is 21.3. The molecule has 6 nitrogen and oxygen atoms in total. The standard InChI is InChI=1S/C22H23F2N3O3/c1-28-17-8-4-15(5-9-17)13-27(14-16-6-10-18(29-2)11-7-16)22-25-19(21(23)24)12-20(26-22)30-3/h4-12,21H,13-14H2,1-3H3. The van der Waals surface area contributed by atoms with E-state index in [4.69, 9.17) is 14.2 Å². The van der Waals surface area contributed by atoms with Crippen LogP contribution in [0, 0.1) is 0 Å². The number of ether oxygens (including phenoxy) is 3. The van der Waals surface area contributed by atoms with Gasteiger partial charge in [0.2, 0.25) is 11.8 Å². The summed E-state index contributed by atoms with van der Waals surface area (Å²) < 4.78 is 42.2. The van der Waals surface area contributed by atoms with Gasteiger partial charge in [0, 0.05) is 19.2 Å². The molecule has 158 valence electrons. The molecule has 0 fully saturated rings. The largest absolute Gasteiger partial charge is 0.497 e. The van der Waals surface area contributed by atoms with Crippen molar-refractivity contribution >= 4 is 5.95 Å². The number of alkyl halides is 2. The number of hydrogen-bond donors (Lipinski definition) is 0. The van der Waals surface area contributed by atoms with E-state index in [-0.39, 0.29) is 17.5 Å². The van der Waals surface area contributed by atoms with Crippen molar-refractivity contribution in [3.05, 3.63) is 71.4 Å². The highest BCUT2D eigenvalue weighted by Crippen LogP contribution is 2.26. The number of hydrogen-bond acceptors (Lipinski definition) is 6. The van der Waals surface area contributed by atoms with Crippen LogP contribution in [0.15, 0.2) is 54.6 Å². The fourth-order valence-electron chi connectivity index (χ4n) is 2.89. The van der Waals surface area contributed by atoms with Crippen molar-refractivity contribution in [3.63, 3.8) is 0 Å². The van der Waals surface area contributed by atoms with E-state index >= 15 is 0 Å². The van der Waals surface area contributed by atoms with Crippen LogP contribution in [0.4, 0.5) is 14.7 Å². The van der Waals surface area contributed by atoms with Gasteiger partial charge in [0.25, 0.3) is 6.43 Å². The lowest BCUT2D eigenvalue weighted by molar-refractivity contribution is 0.145. The molecule has 1 aromatic heterocycles. The Morgan fingerprint density at radius 1 is 0.767 bits per heavy atom. The zero-order valence-corrected chi connectivity index (χ0v) is 17.0. The maximum absolute atomic E-state index is 13.4. The van der Waals surface area contributed by atoms with Gasteiger partial charge in [-0.25, -0.2) is 13.8 Å². The fraction of sp³-hybridized carbons (Fsp3) is 0.273. The van der Waals surface area contributed by atoms with E-state index in [0.717, 1.165) is 28.7 Å². The molecule has 0 atom stereocenters. The fourth-order valence-corrected chi connectivity index (χ4v) is 2.89. The monoisotopic (exact) mass is 415 g/mol. The third-order valence-electron chi connectivity index (χ3n) is 4.49. The Kier molecular flexibility index (Phi) is 7.00. The Labute approximate surface area is 174 Å². The molecule has 0 spiro atoms. The zero-order chi connectivity index (χ0) is 21.5. The van der Waals surface area contributed by atoms with Crippen molar-refractivity contribution in [3.8, 4) is 17.4 Å². The van der Waals surface area contributed by atoms with Crippen LogP contribution >= 0.6 is 0 Å². The smallest absolute Gasteiger partial charge is 0.280 e. The van der Waals surface area contributed by atoms with Gasteiger partial charge in [-0.05, 0) is 35.4 Å². The van der Waals surface area contributed by atoms with Crippen LogP contribution in [-0.4, -0.2) is 31.3 Å². The van der Waals surface area contributed by atoms with Gasteiger partial charge >= 0.3 is 0 Å². The van der Waals surface area contributed by atoms with Crippen LogP contribution in [0.2, 0.25) is 0 Å². The summed E-state index contributed by atoms with van der Waals surface area (Å²) in [5, 5.41) is 0. The van der Waals surface area contributed by atoms with Gasteiger partial charge in [0.05, 0.1) is 21.3 Å². The maximum atomic E-state index is 13.4. The maximum Gasteiger partial charge on any atom is 0.280 e. The van der Waals surface area contributed by atoms with Crippen LogP contribution in [0.1, 0.15) is 23.2 Å². The number of halogens is 2. The molecule has 2 aromatic carbocycles. The van der Waals surface area contributed by atoms with Gasteiger partial charge in [0.15, 0.2) is 0 Å². The summed E-state index contributed by atoms with van der Waals surface area (Å²) >= 11 is 0. The highest BCUT2D eigenvalue weighted by Gasteiger charge is 2.18. The number of methoxy groups -OCH3 is 3. The Bertz CT molecular complexity index is 901. The molecule has 0 amide bonds. The molecular weight excluding hydrogens is 392 g/mol. The molecule has 0 unspecified atom stereocenters. The molecule has 0 saturated heterocycles. The summed E-state index contributed by atoms with van der Waals surface area (Å²) in [5.41, 5.74) is 1.52. The van der Waals surface area contributed by atoms with Gasteiger partial charge in [-0.1, -0.05) is 24.3 Å². The highest BCUT2D eigenvalue weighted by molar-refractivity contribution is 5.40. The van der Waals surface area contributed by atoms with E-state index in [0.29, 0.717) is 13.1 Å². The third kappa shape index (κ3) is 5.34. The first-order valence-electron chi connectivity index (χ1n) is 9.24. The predicted octanol–water partition coefficient (Wildman–Crippen LogP) is 4.65. The molecule has 0 aliphatic carbocycles. The minimum Gasteiger partial charge on any atom is -0.497 e. The Morgan fingerprint density at radius 3 is 1.67 bits per heavy atom. The van der Waals surface area contributed by atoms with E-state index in [2.05, 4.69) is 9.97 Å². The minimum atomic E-state index is -2.73. The van der Waals surface area contributed by atoms with E-state index in [1.165, 1.54) is 7.11 Å². The molecule has 0 bridgehead atoms. The third-order valence-corrected chi connectivity index (χ3v) is 4.49. The van der Waals surface area contributed by atoms with Crippen molar-refractivity contribution in [1.29, 1.82) is 0 Å². The first-order chi connectivity index (χ1) is 14.5. The lowest BCUT2D eigenvalue weighted by Crippen LogP contribution is -2.25. The quantitative estimate of drug-likeness (QED) is 0.507. The van der Waals surface area contributed by atoms with Crippen LogP contribution in [0.25, 0.3) is 0 Å². The Hall–Kier alpha value is -3.42. The Morgan fingerprint density at radius 2 is 1.27 bits per heavy atom. The molecule has 0 saturated carbocycles. The van der Waals surface area contributed by atoms with Crippen molar-refractivity contribution in [2.45, 2.75) is 19.5 Å². The SMILES string of the molecule is COc1ccc(CN(Cc2ccc(OC)cc2)c2nc(OC)cc(C(F)F)n2)cc1. The summed E-state index contributed by atoms with van der Waals surface area (Å²) in [4.78, 5) is 10.2. The van der Waals surface area contributed by atoms with E-state index in [9.17, 15) is 8.78 Å². The van der Waals surface area contributed by atoms with E-state index in [1.807, 2.05) is 53.4 Å². The second-order valence-corrected chi connectivity index (χ2v) is 6.49. The molecule has 30 heavy (non-hydrogen) atoms. The molecule has 0 N–H and O–H groups in total. The summed E-state index contributed by atoms with van der Waals surface area (Å²) in [5.74, 6) is 1.72. The summed E-state index contributed by atoms with van der Waals surface area (Å²) in [6, 6.07) is 16.2. The number of anilines is 1. The lowest BCUT2D eigenvalue weighted by atomic mass is 10.1. The molecule has 8 heteroatoms. The van der Waals surface area contributed by atoms with Gasteiger partial charge in [0.1, 0.15) is 17.2 Å². The number of benzene rings is 2. The van der Waals surface area contributed by atoms with E-state index in [1.54, 1.807) is 14.2 Å². The molecule has 3 aromatic rings. The lowest BCUT2D eigenvalue weighted by Gasteiger charge is -2.24. The van der Waals surface area contributed by atoms with Gasteiger partial charge in [-0.3, -0.25) is 0 Å². The topological polar surface area (TPSA) is 56.7 Å². The van der Waals surface area contributed by atoms with Crippen LogP contribution in [0.5, 0.6) is 17.4 Å². The molecule has 0 aliphatic rings. The van der Waals surface area contributed by atoms with Gasteiger partial charge in [-0.2, -0.15) is 4.98 Å². The van der Waals surface area contributed by atoms with Crippen LogP contribution < -0.4 is 19.1 Å². The highest BCUT2D eigenvalue weighted by atomic mass is 19.3. The number of aromatic nitrogens is 2. The van der Waals surface area contributed by atoms with E-state index < -0.39 is 6.43 Å².